The molecular formula is C17H22N2O2. The standard InChI is InChI=1S/C17H22N2O2/c1-4-10-21-17-6-5-15(14(2)12-17)13-20-11-8-16-7-9-18-19(16)3/h4-7,9,12H,1,8,10-11,13H2,2-3H3. The van der Waals surface area contributed by atoms with Crippen LogP contribution in [-0.2, 0) is 24.8 Å². The van der Waals surface area contributed by atoms with Gasteiger partial charge in [0.2, 0.25) is 0 Å². The second-order valence-electron chi connectivity index (χ2n) is 4.94. The van der Waals surface area contributed by atoms with Crippen LogP contribution in [0.3, 0.4) is 0 Å². The van der Waals surface area contributed by atoms with E-state index in [-0.39, 0.29) is 0 Å². The Hall–Kier alpha value is -2.07. The summed E-state index contributed by atoms with van der Waals surface area (Å²) in [5, 5.41) is 4.14. The van der Waals surface area contributed by atoms with Crippen LogP contribution in [0.2, 0.25) is 0 Å². The Balaban J connectivity index is 1.80. The average molecular weight is 286 g/mol. The van der Waals surface area contributed by atoms with Gasteiger partial charge in [-0.05, 0) is 36.2 Å². The third-order valence-corrected chi connectivity index (χ3v) is 3.36. The largest absolute Gasteiger partial charge is 0.490 e. The maximum absolute atomic E-state index is 5.75. The van der Waals surface area contributed by atoms with E-state index in [9.17, 15) is 0 Å². The normalized spacial score (nSPS) is 10.6. The molecule has 2 rings (SSSR count). The van der Waals surface area contributed by atoms with Crippen molar-refractivity contribution in [2.24, 2.45) is 7.05 Å². The van der Waals surface area contributed by atoms with Gasteiger partial charge in [0.1, 0.15) is 12.4 Å². The molecule has 0 N–H and O–H groups in total. The van der Waals surface area contributed by atoms with Crippen LogP contribution in [0.5, 0.6) is 5.75 Å². The van der Waals surface area contributed by atoms with Crippen LogP contribution in [0.15, 0.2) is 43.1 Å². The van der Waals surface area contributed by atoms with E-state index in [0.717, 1.165) is 12.2 Å². The first kappa shape index (κ1) is 15.3. The Morgan fingerprint density at radius 3 is 2.86 bits per heavy atom. The highest BCUT2D eigenvalue weighted by Crippen LogP contribution is 2.18. The van der Waals surface area contributed by atoms with Crippen LogP contribution in [-0.4, -0.2) is 23.0 Å². The van der Waals surface area contributed by atoms with Gasteiger partial charge in [-0.25, -0.2) is 0 Å². The highest BCUT2D eigenvalue weighted by Gasteiger charge is 2.02. The Morgan fingerprint density at radius 1 is 1.33 bits per heavy atom. The Labute approximate surface area is 126 Å². The topological polar surface area (TPSA) is 36.3 Å². The monoisotopic (exact) mass is 286 g/mol. The highest BCUT2D eigenvalue weighted by atomic mass is 16.5. The quantitative estimate of drug-likeness (QED) is 0.553. The van der Waals surface area contributed by atoms with E-state index in [1.165, 1.54) is 16.8 Å². The highest BCUT2D eigenvalue weighted by molar-refractivity contribution is 5.34. The number of hydrogen-bond donors (Lipinski definition) is 0. The molecule has 0 unspecified atom stereocenters. The van der Waals surface area contributed by atoms with E-state index < -0.39 is 0 Å². The van der Waals surface area contributed by atoms with Crippen LogP contribution < -0.4 is 4.74 Å². The van der Waals surface area contributed by atoms with Gasteiger partial charge in [0.15, 0.2) is 0 Å². The third-order valence-electron chi connectivity index (χ3n) is 3.36. The maximum Gasteiger partial charge on any atom is 0.120 e. The first-order valence-corrected chi connectivity index (χ1v) is 7.08. The summed E-state index contributed by atoms with van der Waals surface area (Å²) in [6, 6.07) is 8.07. The molecule has 0 radical (unpaired) electrons. The number of benzene rings is 1. The lowest BCUT2D eigenvalue weighted by molar-refractivity contribution is 0.122. The smallest absolute Gasteiger partial charge is 0.120 e. The number of hydrogen-bond acceptors (Lipinski definition) is 3. The van der Waals surface area contributed by atoms with Crippen molar-refractivity contribution in [1.82, 2.24) is 9.78 Å². The first-order chi connectivity index (χ1) is 10.2. The molecule has 4 heteroatoms. The summed E-state index contributed by atoms with van der Waals surface area (Å²) >= 11 is 0. The first-order valence-electron chi connectivity index (χ1n) is 7.08. The molecule has 0 bridgehead atoms. The van der Waals surface area contributed by atoms with E-state index >= 15 is 0 Å². The van der Waals surface area contributed by atoms with Gasteiger partial charge in [-0.2, -0.15) is 5.10 Å². The number of rotatable bonds is 8. The summed E-state index contributed by atoms with van der Waals surface area (Å²) in [6.07, 6.45) is 4.42. The molecule has 112 valence electrons. The van der Waals surface area contributed by atoms with Crippen molar-refractivity contribution in [1.29, 1.82) is 0 Å². The van der Waals surface area contributed by atoms with Crippen LogP contribution >= 0.6 is 0 Å². The third kappa shape index (κ3) is 4.46. The molecule has 0 saturated heterocycles. The van der Waals surface area contributed by atoms with Crippen LogP contribution in [0.1, 0.15) is 16.8 Å². The average Bonchev–Trinajstić information content (AvgIpc) is 2.88. The minimum atomic E-state index is 0.528. The lowest BCUT2D eigenvalue weighted by atomic mass is 10.1. The zero-order valence-electron chi connectivity index (χ0n) is 12.7. The Morgan fingerprint density at radius 2 is 2.19 bits per heavy atom. The summed E-state index contributed by atoms with van der Waals surface area (Å²) in [7, 11) is 1.95. The fourth-order valence-electron chi connectivity index (χ4n) is 2.08. The van der Waals surface area contributed by atoms with Crippen molar-refractivity contribution in [3.8, 4) is 5.75 Å². The van der Waals surface area contributed by atoms with E-state index in [1.807, 2.05) is 36.1 Å². The van der Waals surface area contributed by atoms with Gasteiger partial charge in [0.25, 0.3) is 0 Å². The molecule has 0 atom stereocenters. The molecule has 0 aliphatic carbocycles. The predicted octanol–water partition coefficient (Wildman–Crippen LogP) is 3.05. The molecule has 4 nitrogen and oxygen atoms in total. The van der Waals surface area contributed by atoms with E-state index in [2.05, 4.69) is 24.7 Å². The van der Waals surface area contributed by atoms with Gasteiger partial charge >= 0.3 is 0 Å². The molecule has 1 aromatic carbocycles. The van der Waals surface area contributed by atoms with Crippen molar-refractivity contribution < 1.29 is 9.47 Å². The summed E-state index contributed by atoms with van der Waals surface area (Å²) in [6.45, 7) is 7.54. The molecule has 1 aromatic heterocycles. The summed E-state index contributed by atoms with van der Waals surface area (Å²) < 4.78 is 13.1. The lowest BCUT2D eigenvalue weighted by Gasteiger charge is -2.10. The molecule has 1 heterocycles. The molecule has 0 spiro atoms. The lowest BCUT2D eigenvalue weighted by Crippen LogP contribution is -2.05. The van der Waals surface area contributed by atoms with E-state index in [0.29, 0.717) is 19.8 Å². The maximum atomic E-state index is 5.75. The predicted molar refractivity (Wildman–Crippen MR) is 83.4 cm³/mol. The van der Waals surface area contributed by atoms with Crippen molar-refractivity contribution in [2.75, 3.05) is 13.2 Å². The molecule has 0 saturated carbocycles. The van der Waals surface area contributed by atoms with E-state index in [1.54, 1.807) is 6.08 Å². The van der Waals surface area contributed by atoms with E-state index in [4.69, 9.17) is 9.47 Å². The fourth-order valence-corrected chi connectivity index (χ4v) is 2.08. The molecule has 2 aromatic rings. The molecule has 0 amide bonds. The van der Waals surface area contributed by atoms with Crippen molar-refractivity contribution in [2.45, 2.75) is 20.0 Å². The van der Waals surface area contributed by atoms with Crippen LogP contribution in [0, 0.1) is 6.92 Å². The minimum Gasteiger partial charge on any atom is -0.490 e. The molecule has 21 heavy (non-hydrogen) atoms. The summed E-state index contributed by atoms with van der Waals surface area (Å²) in [5.74, 6) is 0.867. The van der Waals surface area contributed by atoms with Gasteiger partial charge in [-0.1, -0.05) is 18.7 Å². The van der Waals surface area contributed by atoms with Gasteiger partial charge in [-0.3, -0.25) is 4.68 Å². The Bertz CT molecular complexity index is 590. The van der Waals surface area contributed by atoms with Gasteiger partial charge < -0.3 is 9.47 Å². The zero-order valence-corrected chi connectivity index (χ0v) is 12.7. The SMILES string of the molecule is C=CCOc1ccc(COCCc2ccnn2C)c(C)c1. The van der Waals surface area contributed by atoms with Gasteiger partial charge in [-0.15, -0.1) is 0 Å². The second kappa shape index (κ2) is 7.64. The second-order valence-corrected chi connectivity index (χ2v) is 4.94. The molecular weight excluding hydrogens is 264 g/mol. The Kier molecular flexibility index (Phi) is 5.58. The fraction of sp³-hybridized carbons (Fsp3) is 0.353. The molecule has 0 fully saturated rings. The zero-order chi connectivity index (χ0) is 15.1. The number of ether oxygens (including phenoxy) is 2. The number of aromatic nitrogens is 2. The van der Waals surface area contributed by atoms with Crippen molar-refractivity contribution in [3.63, 3.8) is 0 Å². The summed E-state index contributed by atoms with van der Waals surface area (Å²) in [5.41, 5.74) is 3.54. The van der Waals surface area contributed by atoms with Crippen molar-refractivity contribution in [3.05, 3.63) is 59.9 Å². The molecule has 0 aliphatic rings. The van der Waals surface area contributed by atoms with Crippen LogP contribution in [0.4, 0.5) is 0 Å². The number of nitrogens with zero attached hydrogens (tertiary/aromatic N) is 2. The van der Waals surface area contributed by atoms with Gasteiger partial charge in [0.05, 0.1) is 13.2 Å². The summed E-state index contributed by atoms with van der Waals surface area (Å²) in [4.78, 5) is 0. The van der Waals surface area contributed by atoms with Gasteiger partial charge in [0, 0.05) is 25.4 Å². The minimum absolute atomic E-state index is 0.528. The molecule has 0 aliphatic heterocycles. The number of aryl methyl sites for hydroxylation is 2. The van der Waals surface area contributed by atoms with Crippen molar-refractivity contribution >= 4 is 0 Å². The van der Waals surface area contributed by atoms with Crippen LogP contribution in [0.25, 0.3) is 0 Å².